The second kappa shape index (κ2) is 5.84. The molecule has 7 heteroatoms. The third kappa shape index (κ3) is 3.21. The van der Waals surface area contributed by atoms with E-state index >= 15 is 0 Å². The molecule has 5 nitrogen and oxygen atoms in total. The molecule has 0 saturated carbocycles. The number of benzene rings is 1. The van der Waals surface area contributed by atoms with Gasteiger partial charge in [-0.2, -0.15) is 4.80 Å². The molecule has 2 rings (SSSR count). The molecule has 0 aliphatic heterocycles. The molecule has 94 valence electrons. The van der Waals surface area contributed by atoms with Crippen LogP contribution in [0.1, 0.15) is 5.56 Å². The van der Waals surface area contributed by atoms with E-state index in [0.717, 1.165) is 5.56 Å². The quantitative estimate of drug-likeness (QED) is 0.858. The average molecular weight is 284 g/mol. The first-order valence-corrected chi connectivity index (χ1v) is 6.01. The van der Waals surface area contributed by atoms with Gasteiger partial charge in [-0.25, -0.2) is 0 Å². The van der Waals surface area contributed by atoms with Crippen LogP contribution in [0.5, 0.6) is 0 Å². The molecule has 0 unspecified atom stereocenters. The molecule has 1 N–H and O–H groups in total. The Hall–Kier alpha value is -1.59. The average Bonchev–Trinajstić information content (AvgIpc) is 2.76. The first-order chi connectivity index (χ1) is 8.69. The highest BCUT2D eigenvalue weighted by atomic mass is 35.5. The molecule has 0 aliphatic carbocycles. The van der Waals surface area contributed by atoms with E-state index in [2.05, 4.69) is 27.3 Å². The van der Waals surface area contributed by atoms with Crippen molar-refractivity contribution < 1.29 is 0 Å². The Morgan fingerprint density at radius 1 is 1.39 bits per heavy atom. The van der Waals surface area contributed by atoms with Crippen molar-refractivity contribution in [2.45, 2.75) is 13.1 Å². The molecular weight excluding hydrogens is 273 g/mol. The largest absolute Gasteiger partial charge is 0.347 e. The summed E-state index contributed by atoms with van der Waals surface area (Å²) in [5.74, 6) is 0.447. The van der Waals surface area contributed by atoms with Crippen LogP contribution in [0.4, 0.5) is 5.95 Å². The number of rotatable bonds is 5. The lowest BCUT2D eigenvalue weighted by Crippen LogP contribution is -2.03. The van der Waals surface area contributed by atoms with Gasteiger partial charge in [-0.05, 0) is 22.9 Å². The van der Waals surface area contributed by atoms with Crippen LogP contribution in [0.2, 0.25) is 10.0 Å². The number of hydrogen-bond donors (Lipinski definition) is 1. The maximum Gasteiger partial charge on any atom is 0.263 e. The van der Waals surface area contributed by atoms with Gasteiger partial charge in [0.15, 0.2) is 0 Å². The summed E-state index contributed by atoms with van der Waals surface area (Å²) in [6, 6.07) is 5.33. The van der Waals surface area contributed by atoms with E-state index in [4.69, 9.17) is 23.2 Å². The molecule has 1 aromatic heterocycles. The summed E-state index contributed by atoms with van der Waals surface area (Å²) >= 11 is 11.9. The highest BCUT2D eigenvalue weighted by Gasteiger charge is 2.04. The van der Waals surface area contributed by atoms with Gasteiger partial charge < -0.3 is 5.32 Å². The van der Waals surface area contributed by atoms with Crippen LogP contribution in [-0.4, -0.2) is 20.2 Å². The number of nitrogens with zero attached hydrogens (tertiary/aromatic N) is 4. The fourth-order valence-electron chi connectivity index (χ4n) is 1.35. The molecule has 0 saturated heterocycles. The summed E-state index contributed by atoms with van der Waals surface area (Å²) in [4.78, 5) is 1.44. The van der Waals surface area contributed by atoms with Gasteiger partial charge in [-0.3, -0.25) is 0 Å². The molecule has 0 aliphatic rings. The second-order valence-electron chi connectivity index (χ2n) is 3.55. The Morgan fingerprint density at radius 3 is 2.94 bits per heavy atom. The topological polar surface area (TPSA) is 55.6 Å². The van der Waals surface area contributed by atoms with Crippen molar-refractivity contribution >= 4 is 29.2 Å². The van der Waals surface area contributed by atoms with E-state index < -0.39 is 0 Å². The van der Waals surface area contributed by atoms with Crippen LogP contribution >= 0.6 is 23.2 Å². The van der Waals surface area contributed by atoms with E-state index in [-0.39, 0.29) is 0 Å². The smallest absolute Gasteiger partial charge is 0.263 e. The fraction of sp³-hybridized carbons (Fsp3) is 0.182. The summed E-state index contributed by atoms with van der Waals surface area (Å²) in [6.07, 6.45) is 1.70. The van der Waals surface area contributed by atoms with Crippen molar-refractivity contribution in [2.75, 3.05) is 5.32 Å². The molecule has 18 heavy (non-hydrogen) atoms. The molecule has 0 fully saturated rings. The Labute approximate surface area is 114 Å². The number of hydrogen-bond acceptors (Lipinski definition) is 4. The van der Waals surface area contributed by atoms with Crippen LogP contribution in [-0.2, 0) is 13.1 Å². The van der Waals surface area contributed by atoms with Crippen LogP contribution in [0.15, 0.2) is 30.9 Å². The van der Waals surface area contributed by atoms with E-state index in [1.165, 1.54) is 4.80 Å². The van der Waals surface area contributed by atoms with Gasteiger partial charge in [0.25, 0.3) is 5.95 Å². The van der Waals surface area contributed by atoms with Crippen LogP contribution in [0.25, 0.3) is 0 Å². The molecule has 0 radical (unpaired) electrons. The van der Waals surface area contributed by atoms with Crippen molar-refractivity contribution in [3.63, 3.8) is 0 Å². The summed E-state index contributed by atoms with van der Waals surface area (Å²) in [5.41, 5.74) is 0.918. The predicted octanol–water partition coefficient (Wildman–Crippen LogP) is 2.78. The molecule has 0 amide bonds. The highest BCUT2D eigenvalue weighted by Crippen LogP contribution is 2.21. The van der Waals surface area contributed by atoms with Gasteiger partial charge in [0.1, 0.15) is 0 Å². The van der Waals surface area contributed by atoms with Gasteiger partial charge in [-0.15, -0.1) is 11.7 Å². The van der Waals surface area contributed by atoms with Gasteiger partial charge in [0, 0.05) is 16.6 Å². The molecule has 0 atom stereocenters. The molecular formula is C11H11Cl2N5. The first kappa shape index (κ1) is 12.9. The van der Waals surface area contributed by atoms with Crippen LogP contribution in [0, 0.1) is 0 Å². The van der Waals surface area contributed by atoms with Gasteiger partial charge in [-0.1, -0.05) is 40.4 Å². The second-order valence-corrected chi connectivity index (χ2v) is 4.39. The minimum Gasteiger partial charge on any atom is -0.347 e. The van der Waals surface area contributed by atoms with Crippen LogP contribution in [0.3, 0.4) is 0 Å². The summed E-state index contributed by atoms with van der Waals surface area (Å²) in [6.45, 7) is 4.63. The first-order valence-electron chi connectivity index (χ1n) is 5.25. The summed E-state index contributed by atoms with van der Waals surface area (Å²) < 4.78 is 0. The minimum absolute atomic E-state index is 0.447. The zero-order chi connectivity index (χ0) is 13.0. The van der Waals surface area contributed by atoms with E-state index in [1.54, 1.807) is 18.2 Å². The lowest BCUT2D eigenvalue weighted by atomic mass is 10.2. The van der Waals surface area contributed by atoms with Gasteiger partial charge in [0.2, 0.25) is 0 Å². The molecule has 0 bridgehead atoms. The minimum atomic E-state index is 0.447. The predicted molar refractivity (Wildman–Crippen MR) is 71.8 cm³/mol. The number of aromatic nitrogens is 4. The summed E-state index contributed by atoms with van der Waals surface area (Å²) in [5, 5.41) is 16.0. The van der Waals surface area contributed by atoms with E-state index in [0.29, 0.717) is 29.1 Å². The SMILES string of the molecule is C=CCn1nnc(NCc2ccc(Cl)cc2Cl)n1. The van der Waals surface area contributed by atoms with Crippen molar-refractivity contribution in [2.24, 2.45) is 0 Å². The van der Waals surface area contributed by atoms with Crippen molar-refractivity contribution in [1.82, 2.24) is 20.2 Å². The Kier molecular flexibility index (Phi) is 4.17. The Bertz CT molecular complexity index is 552. The Morgan fingerprint density at radius 2 is 2.22 bits per heavy atom. The Balaban J connectivity index is 1.99. The van der Waals surface area contributed by atoms with Crippen molar-refractivity contribution in [3.8, 4) is 0 Å². The fourth-order valence-corrected chi connectivity index (χ4v) is 1.82. The van der Waals surface area contributed by atoms with Gasteiger partial charge in [0.05, 0.1) is 6.54 Å². The lowest BCUT2D eigenvalue weighted by Gasteiger charge is -2.04. The zero-order valence-electron chi connectivity index (χ0n) is 9.48. The molecule has 1 heterocycles. The third-order valence-corrected chi connectivity index (χ3v) is 2.78. The third-order valence-electron chi connectivity index (χ3n) is 2.20. The number of tetrazole rings is 1. The number of allylic oxidation sites excluding steroid dienone is 1. The van der Waals surface area contributed by atoms with Gasteiger partial charge >= 0.3 is 0 Å². The zero-order valence-corrected chi connectivity index (χ0v) is 11.0. The monoisotopic (exact) mass is 283 g/mol. The standard InChI is InChI=1S/C11H11Cl2N5/c1-2-5-18-16-11(15-17-18)14-7-8-3-4-9(12)6-10(8)13/h2-4,6H,1,5,7H2,(H,14,16). The number of halogens is 2. The lowest BCUT2D eigenvalue weighted by molar-refractivity contribution is 0.583. The number of nitrogens with one attached hydrogen (secondary N) is 1. The van der Waals surface area contributed by atoms with Crippen molar-refractivity contribution in [1.29, 1.82) is 0 Å². The highest BCUT2D eigenvalue weighted by molar-refractivity contribution is 6.35. The normalized spacial score (nSPS) is 10.3. The molecule has 2 aromatic rings. The molecule has 0 spiro atoms. The maximum absolute atomic E-state index is 6.05. The maximum atomic E-state index is 6.05. The summed E-state index contributed by atoms with van der Waals surface area (Å²) in [7, 11) is 0. The van der Waals surface area contributed by atoms with E-state index in [1.807, 2.05) is 6.07 Å². The molecule has 1 aromatic carbocycles. The number of anilines is 1. The van der Waals surface area contributed by atoms with E-state index in [9.17, 15) is 0 Å². The van der Waals surface area contributed by atoms with Crippen molar-refractivity contribution in [3.05, 3.63) is 46.5 Å². The van der Waals surface area contributed by atoms with Crippen LogP contribution < -0.4 is 5.32 Å².